The lowest BCUT2D eigenvalue weighted by atomic mass is 9.92. The summed E-state index contributed by atoms with van der Waals surface area (Å²) in [4.78, 5) is 12.5. The van der Waals surface area contributed by atoms with Gasteiger partial charge >= 0.3 is 0 Å². The highest BCUT2D eigenvalue weighted by Crippen LogP contribution is 2.34. The zero-order chi connectivity index (χ0) is 14.7. The van der Waals surface area contributed by atoms with Gasteiger partial charge in [-0.25, -0.2) is 0 Å². The molecule has 0 saturated heterocycles. The summed E-state index contributed by atoms with van der Waals surface area (Å²) in [7, 11) is 1.62. The van der Waals surface area contributed by atoms with Gasteiger partial charge < -0.3 is 14.8 Å². The Hall–Kier alpha value is -2.49. The summed E-state index contributed by atoms with van der Waals surface area (Å²) in [5.74, 6) is 1.40. The Labute approximate surface area is 123 Å². The molecule has 4 nitrogen and oxygen atoms in total. The van der Waals surface area contributed by atoms with Crippen LogP contribution in [-0.4, -0.2) is 19.6 Å². The maximum atomic E-state index is 12.5. The van der Waals surface area contributed by atoms with E-state index < -0.39 is 0 Å². The van der Waals surface area contributed by atoms with E-state index >= 15 is 0 Å². The largest absolute Gasteiger partial charge is 0.497 e. The van der Waals surface area contributed by atoms with Crippen molar-refractivity contribution in [1.82, 2.24) is 0 Å². The van der Waals surface area contributed by atoms with E-state index in [1.54, 1.807) is 7.11 Å². The van der Waals surface area contributed by atoms with Gasteiger partial charge in [0.15, 0.2) is 0 Å². The molecule has 108 valence electrons. The number of amides is 1. The number of hydrogen-bond acceptors (Lipinski definition) is 3. The third kappa shape index (κ3) is 2.84. The fraction of sp³-hybridized carbons (Fsp3) is 0.235. The van der Waals surface area contributed by atoms with Crippen LogP contribution in [0, 0.1) is 0 Å². The molecule has 0 radical (unpaired) electrons. The van der Waals surface area contributed by atoms with E-state index in [4.69, 9.17) is 9.47 Å². The Kier molecular flexibility index (Phi) is 3.77. The van der Waals surface area contributed by atoms with Crippen LogP contribution in [0.4, 0.5) is 5.69 Å². The lowest BCUT2D eigenvalue weighted by molar-refractivity contribution is -0.118. The SMILES string of the molecule is COc1ccc(NC(=O)C2CCOc3ccccc32)cc1. The van der Waals surface area contributed by atoms with Gasteiger partial charge in [0.25, 0.3) is 0 Å². The van der Waals surface area contributed by atoms with Gasteiger partial charge in [-0.05, 0) is 36.8 Å². The Morgan fingerprint density at radius 3 is 2.71 bits per heavy atom. The summed E-state index contributed by atoms with van der Waals surface area (Å²) in [5.41, 5.74) is 1.72. The number of rotatable bonds is 3. The van der Waals surface area contributed by atoms with Gasteiger partial charge in [-0.3, -0.25) is 4.79 Å². The van der Waals surface area contributed by atoms with E-state index in [0.29, 0.717) is 13.0 Å². The molecule has 0 aromatic heterocycles. The number of carbonyl (C=O) groups is 1. The van der Waals surface area contributed by atoms with Gasteiger partial charge in [0.1, 0.15) is 11.5 Å². The van der Waals surface area contributed by atoms with Gasteiger partial charge in [0.2, 0.25) is 5.91 Å². The van der Waals surface area contributed by atoms with Crippen LogP contribution >= 0.6 is 0 Å². The van der Waals surface area contributed by atoms with Crippen molar-refractivity contribution in [3.8, 4) is 11.5 Å². The molecule has 21 heavy (non-hydrogen) atoms. The quantitative estimate of drug-likeness (QED) is 0.941. The second kappa shape index (κ2) is 5.87. The van der Waals surface area contributed by atoms with Crippen LogP contribution in [0.15, 0.2) is 48.5 Å². The number of hydrogen-bond donors (Lipinski definition) is 1. The van der Waals surface area contributed by atoms with Crippen LogP contribution in [0.25, 0.3) is 0 Å². The average molecular weight is 283 g/mol. The Bertz CT molecular complexity index is 637. The summed E-state index contributed by atoms with van der Waals surface area (Å²) >= 11 is 0. The van der Waals surface area contributed by atoms with E-state index in [-0.39, 0.29) is 11.8 Å². The first-order valence-electron chi connectivity index (χ1n) is 6.94. The average Bonchev–Trinajstić information content (AvgIpc) is 2.55. The van der Waals surface area contributed by atoms with Crippen molar-refractivity contribution in [1.29, 1.82) is 0 Å². The molecule has 1 heterocycles. The number of fused-ring (bicyclic) bond motifs is 1. The first kappa shape index (κ1) is 13.5. The molecule has 2 aromatic carbocycles. The third-order valence-corrected chi connectivity index (χ3v) is 3.63. The summed E-state index contributed by atoms with van der Waals surface area (Å²) in [6.07, 6.45) is 0.693. The third-order valence-electron chi connectivity index (χ3n) is 3.63. The van der Waals surface area contributed by atoms with Crippen LogP contribution in [0.2, 0.25) is 0 Å². The minimum Gasteiger partial charge on any atom is -0.497 e. The smallest absolute Gasteiger partial charge is 0.232 e. The Balaban J connectivity index is 1.76. The van der Waals surface area contributed by atoms with Crippen molar-refractivity contribution in [2.24, 2.45) is 0 Å². The van der Waals surface area contributed by atoms with Crippen molar-refractivity contribution in [2.75, 3.05) is 19.0 Å². The highest BCUT2D eigenvalue weighted by molar-refractivity contribution is 5.96. The first-order valence-corrected chi connectivity index (χ1v) is 6.94. The molecule has 0 fully saturated rings. The summed E-state index contributed by atoms with van der Waals surface area (Å²) in [6.45, 7) is 0.567. The van der Waals surface area contributed by atoms with Crippen LogP contribution in [0.5, 0.6) is 11.5 Å². The molecule has 4 heteroatoms. The van der Waals surface area contributed by atoms with E-state index in [2.05, 4.69) is 5.32 Å². The predicted molar refractivity (Wildman–Crippen MR) is 80.9 cm³/mol. The van der Waals surface area contributed by atoms with Crippen LogP contribution in [0.3, 0.4) is 0 Å². The minimum absolute atomic E-state index is 0.00378. The molecule has 0 bridgehead atoms. The van der Waals surface area contributed by atoms with Gasteiger partial charge in [0.05, 0.1) is 19.6 Å². The van der Waals surface area contributed by atoms with Crippen LogP contribution in [0.1, 0.15) is 17.9 Å². The van der Waals surface area contributed by atoms with Crippen molar-refractivity contribution >= 4 is 11.6 Å². The molecule has 1 aliphatic rings. The molecule has 0 aliphatic carbocycles. The van der Waals surface area contributed by atoms with E-state index in [9.17, 15) is 4.79 Å². The van der Waals surface area contributed by atoms with Crippen molar-refractivity contribution in [3.63, 3.8) is 0 Å². The molecular weight excluding hydrogens is 266 g/mol. The van der Waals surface area contributed by atoms with Gasteiger partial charge in [-0.15, -0.1) is 0 Å². The van der Waals surface area contributed by atoms with Crippen molar-refractivity contribution in [3.05, 3.63) is 54.1 Å². The lowest BCUT2D eigenvalue weighted by Gasteiger charge is -2.25. The molecule has 0 spiro atoms. The van der Waals surface area contributed by atoms with Gasteiger partial charge in [-0.1, -0.05) is 18.2 Å². The molecule has 1 aliphatic heterocycles. The molecule has 0 saturated carbocycles. The number of anilines is 1. The Morgan fingerprint density at radius 1 is 1.19 bits per heavy atom. The van der Waals surface area contributed by atoms with E-state index in [1.165, 1.54) is 0 Å². The van der Waals surface area contributed by atoms with E-state index in [0.717, 1.165) is 22.7 Å². The van der Waals surface area contributed by atoms with Crippen molar-refractivity contribution < 1.29 is 14.3 Å². The molecule has 1 unspecified atom stereocenters. The molecular formula is C17H17NO3. The normalized spacial score (nSPS) is 16.5. The second-order valence-electron chi connectivity index (χ2n) is 4.95. The number of benzene rings is 2. The number of ether oxygens (including phenoxy) is 2. The van der Waals surface area contributed by atoms with E-state index in [1.807, 2.05) is 48.5 Å². The standard InChI is InChI=1S/C17H17NO3/c1-20-13-8-6-12(7-9-13)18-17(19)15-10-11-21-16-5-3-2-4-14(15)16/h2-9,15H,10-11H2,1H3,(H,18,19). The monoisotopic (exact) mass is 283 g/mol. The van der Waals surface area contributed by atoms with Crippen molar-refractivity contribution in [2.45, 2.75) is 12.3 Å². The van der Waals surface area contributed by atoms with Crippen LogP contribution < -0.4 is 14.8 Å². The zero-order valence-corrected chi connectivity index (χ0v) is 11.8. The first-order chi connectivity index (χ1) is 10.3. The summed E-state index contributed by atoms with van der Waals surface area (Å²) < 4.78 is 10.7. The topological polar surface area (TPSA) is 47.6 Å². The maximum absolute atomic E-state index is 12.5. The highest BCUT2D eigenvalue weighted by Gasteiger charge is 2.27. The fourth-order valence-corrected chi connectivity index (χ4v) is 2.52. The second-order valence-corrected chi connectivity index (χ2v) is 4.95. The van der Waals surface area contributed by atoms with Crippen LogP contribution in [-0.2, 0) is 4.79 Å². The van der Waals surface area contributed by atoms with Gasteiger partial charge in [-0.2, -0.15) is 0 Å². The predicted octanol–water partition coefficient (Wildman–Crippen LogP) is 3.20. The number of carbonyl (C=O) groups excluding carboxylic acids is 1. The number of para-hydroxylation sites is 1. The minimum atomic E-state index is -0.169. The number of nitrogens with one attached hydrogen (secondary N) is 1. The summed E-state index contributed by atoms with van der Waals surface area (Å²) in [5, 5.41) is 2.95. The summed E-state index contributed by atoms with van der Waals surface area (Å²) in [6, 6.07) is 15.0. The molecule has 3 rings (SSSR count). The number of methoxy groups -OCH3 is 1. The molecule has 1 N–H and O–H groups in total. The van der Waals surface area contributed by atoms with Gasteiger partial charge in [0, 0.05) is 11.3 Å². The maximum Gasteiger partial charge on any atom is 0.232 e. The fourth-order valence-electron chi connectivity index (χ4n) is 2.52. The molecule has 1 amide bonds. The lowest BCUT2D eigenvalue weighted by Crippen LogP contribution is -2.26. The zero-order valence-electron chi connectivity index (χ0n) is 11.8. The Morgan fingerprint density at radius 2 is 1.95 bits per heavy atom. The molecule has 1 atom stereocenters. The highest BCUT2D eigenvalue weighted by atomic mass is 16.5. The molecule has 2 aromatic rings.